The highest BCUT2D eigenvalue weighted by Gasteiger charge is 2.37. The Labute approximate surface area is 193 Å². The van der Waals surface area contributed by atoms with E-state index < -0.39 is 17.1 Å². The fraction of sp³-hybridized carbons (Fsp3) is 0.273. The summed E-state index contributed by atoms with van der Waals surface area (Å²) in [5.41, 5.74) is 0.798. The van der Waals surface area contributed by atoms with Crippen LogP contribution in [0.5, 0.6) is 0 Å². The molecular formula is C22H19ClN2O6S. The number of methoxy groups -OCH3 is 1. The second kappa shape index (κ2) is 9.22. The number of imide groups is 1. The zero-order valence-electron chi connectivity index (χ0n) is 17.1. The molecule has 166 valence electrons. The van der Waals surface area contributed by atoms with E-state index >= 15 is 0 Å². The number of nitrogens with zero attached hydrogens (tertiary/aromatic N) is 2. The molecule has 3 heterocycles. The first-order valence-corrected chi connectivity index (χ1v) is 11.1. The highest BCUT2D eigenvalue weighted by Crippen LogP contribution is 2.34. The van der Waals surface area contributed by atoms with E-state index in [1.54, 1.807) is 35.2 Å². The van der Waals surface area contributed by atoms with Crippen molar-refractivity contribution in [1.29, 1.82) is 0 Å². The maximum Gasteiger partial charge on any atom is 0.339 e. The Morgan fingerprint density at radius 3 is 2.66 bits per heavy atom. The Morgan fingerprint density at radius 2 is 1.94 bits per heavy atom. The Morgan fingerprint density at radius 1 is 1.19 bits per heavy atom. The topological polar surface area (TPSA) is 97.1 Å². The van der Waals surface area contributed by atoms with Gasteiger partial charge in [-0.25, -0.2) is 4.79 Å². The number of hydrogen-bond acceptors (Lipinski definition) is 7. The molecule has 4 rings (SSSR count). The van der Waals surface area contributed by atoms with E-state index in [1.165, 1.54) is 13.2 Å². The second-order valence-corrected chi connectivity index (χ2v) is 8.64. The molecule has 3 amide bonds. The van der Waals surface area contributed by atoms with E-state index in [4.69, 9.17) is 20.8 Å². The van der Waals surface area contributed by atoms with Crippen molar-refractivity contribution in [2.75, 3.05) is 26.7 Å². The van der Waals surface area contributed by atoms with Gasteiger partial charge in [0.25, 0.3) is 11.1 Å². The molecule has 2 fully saturated rings. The highest BCUT2D eigenvalue weighted by atomic mass is 35.5. The summed E-state index contributed by atoms with van der Waals surface area (Å²) in [4.78, 5) is 52.0. The zero-order chi connectivity index (χ0) is 22.8. The highest BCUT2D eigenvalue weighted by molar-refractivity contribution is 8.18. The summed E-state index contributed by atoms with van der Waals surface area (Å²) >= 11 is 6.82. The predicted molar refractivity (Wildman–Crippen MR) is 119 cm³/mol. The first-order chi connectivity index (χ1) is 15.4. The molecule has 0 aliphatic carbocycles. The molecular weight excluding hydrogens is 456 g/mol. The number of esters is 1. The van der Waals surface area contributed by atoms with Gasteiger partial charge in [0.05, 0.1) is 22.6 Å². The van der Waals surface area contributed by atoms with Crippen LogP contribution in [0, 0.1) is 0 Å². The number of carbonyl (C=O) groups is 4. The van der Waals surface area contributed by atoms with Crippen LogP contribution >= 0.6 is 23.4 Å². The summed E-state index contributed by atoms with van der Waals surface area (Å²) in [6, 6.07) is 8.13. The maximum absolute atomic E-state index is 12.7. The fourth-order valence-corrected chi connectivity index (χ4v) is 4.51. The van der Waals surface area contributed by atoms with Gasteiger partial charge < -0.3 is 14.1 Å². The average molecular weight is 475 g/mol. The van der Waals surface area contributed by atoms with Gasteiger partial charge in [0, 0.05) is 24.7 Å². The minimum absolute atomic E-state index is 0.177. The van der Waals surface area contributed by atoms with Crippen molar-refractivity contribution in [2.45, 2.75) is 12.8 Å². The largest absolute Gasteiger partial charge is 0.465 e. The lowest BCUT2D eigenvalue weighted by atomic mass is 10.1. The van der Waals surface area contributed by atoms with Gasteiger partial charge >= 0.3 is 5.97 Å². The van der Waals surface area contributed by atoms with Crippen molar-refractivity contribution in [3.05, 3.63) is 51.6 Å². The number of ether oxygens (including phenoxy) is 1. The molecule has 32 heavy (non-hydrogen) atoms. The molecule has 2 aliphatic heterocycles. The minimum atomic E-state index is -0.569. The Hall–Kier alpha value is -3.04. The minimum Gasteiger partial charge on any atom is -0.465 e. The number of benzene rings is 1. The van der Waals surface area contributed by atoms with Crippen molar-refractivity contribution in [1.82, 2.24) is 9.80 Å². The molecule has 0 saturated carbocycles. The van der Waals surface area contributed by atoms with Crippen molar-refractivity contribution in [2.24, 2.45) is 0 Å². The molecule has 0 unspecified atom stereocenters. The Kier molecular flexibility index (Phi) is 6.38. The summed E-state index contributed by atoms with van der Waals surface area (Å²) in [5.74, 6) is -0.520. The molecule has 0 bridgehead atoms. The smallest absolute Gasteiger partial charge is 0.339 e. The fourth-order valence-electron chi connectivity index (χ4n) is 3.50. The van der Waals surface area contributed by atoms with Gasteiger partial charge in [-0.2, -0.15) is 0 Å². The number of carbonyl (C=O) groups excluding carboxylic acids is 4. The molecule has 1 aromatic carbocycles. The number of likely N-dealkylation sites (tertiary alicyclic amines) is 1. The third kappa shape index (κ3) is 4.44. The van der Waals surface area contributed by atoms with Crippen LogP contribution in [0.3, 0.4) is 0 Å². The quantitative estimate of drug-likeness (QED) is 0.476. The van der Waals surface area contributed by atoms with Crippen LogP contribution in [0.25, 0.3) is 17.4 Å². The number of thioether (sulfide) groups is 1. The van der Waals surface area contributed by atoms with Crippen molar-refractivity contribution < 1.29 is 28.3 Å². The Bertz CT molecular complexity index is 1140. The van der Waals surface area contributed by atoms with E-state index in [-0.39, 0.29) is 27.9 Å². The van der Waals surface area contributed by atoms with Crippen LogP contribution in [-0.4, -0.2) is 59.6 Å². The van der Waals surface area contributed by atoms with Gasteiger partial charge in [-0.05, 0) is 54.9 Å². The molecule has 2 aliphatic rings. The lowest BCUT2D eigenvalue weighted by Crippen LogP contribution is -2.40. The van der Waals surface area contributed by atoms with E-state index in [0.29, 0.717) is 30.2 Å². The number of halogens is 1. The molecule has 2 saturated heterocycles. The van der Waals surface area contributed by atoms with Crippen LogP contribution in [0.1, 0.15) is 29.0 Å². The van der Waals surface area contributed by atoms with E-state index in [9.17, 15) is 19.2 Å². The normalized spacial score (nSPS) is 17.5. The third-order valence-corrected chi connectivity index (χ3v) is 6.42. The van der Waals surface area contributed by atoms with Crippen molar-refractivity contribution >= 4 is 52.5 Å². The number of furan rings is 1. The summed E-state index contributed by atoms with van der Waals surface area (Å²) < 4.78 is 10.5. The van der Waals surface area contributed by atoms with E-state index in [1.807, 2.05) is 0 Å². The van der Waals surface area contributed by atoms with Gasteiger partial charge in [-0.1, -0.05) is 11.6 Å². The molecule has 0 atom stereocenters. The third-order valence-electron chi connectivity index (χ3n) is 5.18. The van der Waals surface area contributed by atoms with Crippen LogP contribution in [-0.2, 0) is 14.3 Å². The number of rotatable bonds is 5. The van der Waals surface area contributed by atoms with Crippen molar-refractivity contribution in [3.8, 4) is 11.3 Å². The lowest BCUT2D eigenvalue weighted by Gasteiger charge is -2.18. The predicted octanol–water partition coefficient (Wildman–Crippen LogP) is 4.05. The molecule has 0 N–H and O–H groups in total. The van der Waals surface area contributed by atoms with Crippen molar-refractivity contribution in [3.63, 3.8) is 0 Å². The van der Waals surface area contributed by atoms with Crippen LogP contribution < -0.4 is 0 Å². The van der Waals surface area contributed by atoms with E-state index in [2.05, 4.69) is 0 Å². The SMILES string of the molecule is COC(=O)c1cc(-c2ccc(/C=C3/SC(=O)N(CC(=O)N4CCCC4)C3=O)o2)ccc1Cl. The zero-order valence-corrected chi connectivity index (χ0v) is 18.7. The van der Waals surface area contributed by atoms with E-state index in [0.717, 1.165) is 29.5 Å². The Balaban J connectivity index is 1.51. The standard InChI is InChI=1S/C22H19ClN2O6S/c1-30-21(28)15-10-13(4-6-16(15)23)17-7-5-14(31-17)11-18-20(27)25(22(29)32-18)12-19(26)24-8-2-3-9-24/h4-7,10-11H,2-3,8-9,12H2,1H3/b18-11+. The van der Waals surface area contributed by atoms with Gasteiger partial charge in [0.2, 0.25) is 5.91 Å². The molecule has 0 spiro atoms. The first-order valence-electron chi connectivity index (χ1n) is 9.88. The monoisotopic (exact) mass is 474 g/mol. The summed E-state index contributed by atoms with van der Waals surface area (Å²) in [5, 5.41) is -0.231. The second-order valence-electron chi connectivity index (χ2n) is 7.24. The summed E-state index contributed by atoms with van der Waals surface area (Å²) in [7, 11) is 1.27. The average Bonchev–Trinajstić information content (AvgIpc) is 3.52. The van der Waals surface area contributed by atoms with Crippen LogP contribution in [0.4, 0.5) is 4.79 Å². The lowest BCUT2D eigenvalue weighted by molar-refractivity contribution is -0.135. The number of hydrogen-bond donors (Lipinski definition) is 0. The van der Waals surface area contributed by atoms with Crippen LogP contribution in [0.15, 0.2) is 39.7 Å². The van der Waals surface area contributed by atoms with Gasteiger partial charge in [0.15, 0.2) is 0 Å². The molecule has 2 aromatic rings. The molecule has 0 radical (unpaired) electrons. The maximum atomic E-state index is 12.7. The molecule has 8 nitrogen and oxygen atoms in total. The van der Waals surface area contributed by atoms with Gasteiger partial charge in [-0.15, -0.1) is 0 Å². The van der Waals surface area contributed by atoms with Crippen LogP contribution in [0.2, 0.25) is 5.02 Å². The first kappa shape index (κ1) is 22.2. The molecule has 1 aromatic heterocycles. The number of amides is 3. The summed E-state index contributed by atoms with van der Waals surface area (Å²) in [6.45, 7) is 1.05. The molecule has 10 heteroatoms. The van der Waals surface area contributed by atoms with Gasteiger partial charge in [-0.3, -0.25) is 19.3 Å². The van der Waals surface area contributed by atoms with Gasteiger partial charge in [0.1, 0.15) is 18.1 Å². The summed E-state index contributed by atoms with van der Waals surface area (Å²) in [6.07, 6.45) is 3.33.